The Hall–Kier alpha value is -3.99. The van der Waals surface area contributed by atoms with Crippen LogP contribution in [0.2, 0.25) is 0 Å². The molecule has 0 bridgehead atoms. The number of benzene rings is 1. The van der Waals surface area contributed by atoms with Crippen molar-refractivity contribution in [2.45, 2.75) is 12.6 Å². The Balaban J connectivity index is 1.50. The van der Waals surface area contributed by atoms with Crippen LogP contribution < -0.4 is 15.4 Å². The van der Waals surface area contributed by atoms with Gasteiger partial charge in [-0.2, -0.15) is 0 Å². The van der Waals surface area contributed by atoms with Gasteiger partial charge in [-0.1, -0.05) is 12.1 Å². The topological polar surface area (TPSA) is 131 Å². The average Bonchev–Trinajstić information content (AvgIpc) is 3.18. The number of pyridine rings is 1. The number of nitrogens with zero attached hydrogens (tertiary/aromatic N) is 4. The number of imide groups is 1. The lowest BCUT2D eigenvalue weighted by molar-refractivity contribution is -0.108. The molecule has 4 rings (SSSR count). The number of nitrogens with one attached hydrogen (secondary N) is 3. The van der Waals surface area contributed by atoms with E-state index in [0.717, 1.165) is 31.7 Å². The highest BCUT2D eigenvalue weighted by molar-refractivity contribution is 5.99. The van der Waals surface area contributed by atoms with E-state index in [2.05, 4.69) is 27.6 Å². The van der Waals surface area contributed by atoms with Crippen LogP contribution in [0.25, 0.3) is 0 Å². The Morgan fingerprint density at radius 2 is 2.00 bits per heavy atom. The molecule has 1 saturated heterocycles. The molecule has 11 heteroatoms. The van der Waals surface area contributed by atoms with E-state index in [9.17, 15) is 14.4 Å². The van der Waals surface area contributed by atoms with Crippen molar-refractivity contribution in [1.82, 2.24) is 30.3 Å². The van der Waals surface area contributed by atoms with Crippen molar-refractivity contribution in [2.75, 3.05) is 46.9 Å². The summed E-state index contributed by atoms with van der Waals surface area (Å²) in [5, 5.41) is 13.3. The summed E-state index contributed by atoms with van der Waals surface area (Å²) in [4.78, 5) is 46.2. The number of amidine groups is 1. The monoisotopic (exact) mass is 479 g/mol. The number of fused-ring (bicyclic) bond motifs is 1. The van der Waals surface area contributed by atoms with Crippen LogP contribution in [0.1, 0.15) is 33.2 Å². The number of amides is 4. The lowest BCUT2D eigenvalue weighted by atomic mass is 10.1. The number of piperazine rings is 1. The molecular weight excluding hydrogens is 450 g/mol. The third-order valence-corrected chi connectivity index (χ3v) is 6.35. The molecule has 2 aliphatic heterocycles. The first-order valence-corrected chi connectivity index (χ1v) is 11.3. The maximum Gasteiger partial charge on any atom is 0.321 e. The van der Waals surface area contributed by atoms with E-state index in [1.807, 2.05) is 11.0 Å². The number of methoxy groups -OCH3 is 1. The third kappa shape index (κ3) is 5.40. The van der Waals surface area contributed by atoms with E-state index in [1.54, 1.807) is 42.5 Å². The summed E-state index contributed by atoms with van der Waals surface area (Å²) in [6, 6.07) is 7.61. The third-order valence-electron chi connectivity index (χ3n) is 6.35. The number of carbonyl (C=O) groups is 3. The van der Waals surface area contributed by atoms with Gasteiger partial charge >= 0.3 is 6.03 Å². The minimum absolute atomic E-state index is 0.164. The van der Waals surface area contributed by atoms with Gasteiger partial charge in [-0.05, 0) is 36.4 Å². The van der Waals surface area contributed by atoms with Crippen molar-refractivity contribution >= 4 is 24.2 Å². The van der Waals surface area contributed by atoms with Gasteiger partial charge in [-0.15, -0.1) is 0 Å². The summed E-state index contributed by atoms with van der Waals surface area (Å²) in [6.45, 7) is 3.87. The summed E-state index contributed by atoms with van der Waals surface area (Å²) in [5.74, 6) is 0.788. The van der Waals surface area contributed by atoms with Gasteiger partial charge in [0.15, 0.2) is 0 Å². The Labute approximate surface area is 203 Å². The number of aromatic nitrogens is 1. The lowest BCUT2D eigenvalue weighted by Crippen LogP contribution is -2.47. The summed E-state index contributed by atoms with van der Waals surface area (Å²) >= 11 is 0. The second-order valence-electron chi connectivity index (χ2n) is 8.61. The van der Waals surface area contributed by atoms with Crippen molar-refractivity contribution in [1.29, 1.82) is 5.41 Å². The molecular formula is C24H29N7O4. The minimum atomic E-state index is -0.676. The molecule has 2 aromatic rings. The number of ether oxygens (including phenoxy) is 1. The fourth-order valence-corrected chi connectivity index (χ4v) is 4.27. The van der Waals surface area contributed by atoms with Gasteiger partial charge in [-0.25, -0.2) is 4.79 Å². The molecule has 3 heterocycles. The Kier molecular flexibility index (Phi) is 7.25. The highest BCUT2D eigenvalue weighted by Crippen LogP contribution is 2.28. The normalized spacial score (nSPS) is 16.5. The number of hydrogen-bond acceptors (Lipinski definition) is 7. The molecule has 0 spiro atoms. The van der Waals surface area contributed by atoms with Crippen LogP contribution in [-0.4, -0.2) is 90.7 Å². The Bertz CT molecular complexity index is 1110. The van der Waals surface area contributed by atoms with E-state index < -0.39 is 12.1 Å². The number of carbonyl (C=O) groups excluding carboxylic acids is 3. The minimum Gasteiger partial charge on any atom is -0.497 e. The van der Waals surface area contributed by atoms with Crippen molar-refractivity contribution in [2.24, 2.45) is 0 Å². The van der Waals surface area contributed by atoms with Crippen LogP contribution in [-0.2, 0) is 11.3 Å². The SMILES string of the molecule is COc1ccc2c(c1)C(=O)N(C[C@H](NC(=O)NC=O)c1ccc(C(=N)N3CCN(C)CC3)nc1)C2. The summed E-state index contributed by atoms with van der Waals surface area (Å²) in [5.41, 5.74) is 2.63. The van der Waals surface area contributed by atoms with Gasteiger partial charge in [0.2, 0.25) is 6.41 Å². The summed E-state index contributed by atoms with van der Waals surface area (Å²) in [6.07, 6.45) is 1.90. The summed E-state index contributed by atoms with van der Waals surface area (Å²) in [7, 11) is 3.60. The van der Waals surface area contributed by atoms with E-state index >= 15 is 0 Å². The zero-order valence-corrected chi connectivity index (χ0v) is 19.8. The first kappa shape index (κ1) is 24.1. The maximum atomic E-state index is 13.0. The largest absolute Gasteiger partial charge is 0.497 e. The van der Waals surface area contributed by atoms with Crippen LogP contribution in [0.4, 0.5) is 4.79 Å². The van der Waals surface area contributed by atoms with Crippen LogP contribution in [0, 0.1) is 5.41 Å². The quantitative estimate of drug-likeness (QED) is 0.304. The molecule has 35 heavy (non-hydrogen) atoms. The molecule has 184 valence electrons. The molecule has 1 aromatic carbocycles. The molecule has 0 radical (unpaired) electrons. The maximum absolute atomic E-state index is 13.0. The van der Waals surface area contributed by atoms with Gasteiger partial charge in [0.05, 0.1) is 13.2 Å². The van der Waals surface area contributed by atoms with Crippen LogP contribution in [0.5, 0.6) is 5.75 Å². The molecule has 1 aromatic heterocycles. The van der Waals surface area contributed by atoms with Gasteiger partial charge in [-0.3, -0.25) is 25.3 Å². The number of rotatable bonds is 7. The molecule has 1 atom stereocenters. The van der Waals surface area contributed by atoms with Gasteiger partial charge in [0.25, 0.3) is 5.91 Å². The van der Waals surface area contributed by atoms with Crippen LogP contribution in [0.3, 0.4) is 0 Å². The predicted molar refractivity (Wildman–Crippen MR) is 128 cm³/mol. The Morgan fingerprint density at radius 3 is 2.66 bits per heavy atom. The van der Waals surface area contributed by atoms with E-state index in [-0.39, 0.29) is 12.5 Å². The fraction of sp³-hybridized carbons (Fsp3) is 0.375. The molecule has 11 nitrogen and oxygen atoms in total. The Morgan fingerprint density at radius 1 is 1.23 bits per heavy atom. The van der Waals surface area contributed by atoms with Crippen LogP contribution in [0.15, 0.2) is 36.5 Å². The van der Waals surface area contributed by atoms with Crippen molar-refractivity contribution in [3.63, 3.8) is 0 Å². The molecule has 1 fully saturated rings. The van der Waals surface area contributed by atoms with E-state index in [0.29, 0.717) is 41.4 Å². The van der Waals surface area contributed by atoms with Gasteiger partial charge < -0.3 is 24.8 Å². The number of hydrogen-bond donors (Lipinski definition) is 3. The first-order chi connectivity index (χ1) is 16.9. The van der Waals surface area contributed by atoms with Crippen molar-refractivity contribution in [3.05, 3.63) is 58.9 Å². The number of likely N-dealkylation sites (N-methyl/N-ethyl adjacent to an activating group) is 1. The zero-order valence-electron chi connectivity index (χ0n) is 19.8. The van der Waals surface area contributed by atoms with Gasteiger partial charge in [0.1, 0.15) is 17.3 Å². The number of urea groups is 1. The second kappa shape index (κ2) is 10.5. The highest BCUT2D eigenvalue weighted by atomic mass is 16.5. The van der Waals surface area contributed by atoms with Crippen molar-refractivity contribution < 1.29 is 19.1 Å². The van der Waals surface area contributed by atoms with E-state index in [1.165, 1.54) is 0 Å². The van der Waals surface area contributed by atoms with E-state index in [4.69, 9.17) is 10.1 Å². The fourth-order valence-electron chi connectivity index (χ4n) is 4.27. The molecule has 0 saturated carbocycles. The zero-order chi connectivity index (χ0) is 24.9. The molecule has 0 unspecified atom stereocenters. The van der Waals surface area contributed by atoms with Crippen LogP contribution >= 0.6 is 0 Å². The molecule has 3 N–H and O–H groups in total. The molecule has 0 aliphatic carbocycles. The van der Waals surface area contributed by atoms with Crippen molar-refractivity contribution in [3.8, 4) is 5.75 Å². The predicted octanol–water partition coefficient (Wildman–Crippen LogP) is 0.816. The highest BCUT2D eigenvalue weighted by Gasteiger charge is 2.31. The average molecular weight is 480 g/mol. The van der Waals surface area contributed by atoms with Gasteiger partial charge in [0, 0.05) is 51.0 Å². The first-order valence-electron chi connectivity index (χ1n) is 11.3. The smallest absolute Gasteiger partial charge is 0.321 e. The molecule has 2 aliphatic rings. The lowest BCUT2D eigenvalue weighted by Gasteiger charge is -2.33. The summed E-state index contributed by atoms with van der Waals surface area (Å²) < 4.78 is 5.23. The molecule has 4 amide bonds. The standard InChI is InChI=1S/C24H29N7O4/c1-29-7-9-30(10-8-29)22(25)20-6-4-16(12-26-20)21(28-24(34)27-15-32)14-31-13-17-3-5-18(35-2)11-19(17)23(31)33/h3-6,11-12,15,21,25H,7-10,13-14H2,1-2H3,(H2,27,28,32,34)/t21-/m0/s1. The second-order valence-corrected chi connectivity index (χ2v) is 8.61.